The Balaban J connectivity index is 1.17. The molecule has 3 nitrogen and oxygen atoms in total. The van der Waals surface area contributed by atoms with Gasteiger partial charge in [-0.1, -0.05) is 127 Å². The first-order valence-electron chi connectivity index (χ1n) is 17.5. The van der Waals surface area contributed by atoms with Crippen molar-refractivity contribution in [2.75, 3.05) is 0 Å². The van der Waals surface area contributed by atoms with Gasteiger partial charge in [0.2, 0.25) is 0 Å². The molecule has 0 fully saturated rings. The third-order valence-electron chi connectivity index (χ3n) is 10.6. The second-order valence-corrected chi connectivity index (χ2v) is 14.5. The van der Waals surface area contributed by atoms with Crippen LogP contribution in [-0.4, -0.2) is 15.0 Å². The summed E-state index contributed by atoms with van der Waals surface area (Å²) in [5, 5.41) is 11.0. The molecule has 0 aliphatic heterocycles. The number of aromatic nitrogens is 3. The van der Waals surface area contributed by atoms with E-state index in [-0.39, 0.29) is 0 Å². The van der Waals surface area contributed by atoms with E-state index >= 15 is 0 Å². The van der Waals surface area contributed by atoms with Crippen LogP contribution in [0.25, 0.3) is 86.1 Å². The summed E-state index contributed by atoms with van der Waals surface area (Å²) in [7, 11) is 0. The Bertz CT molecular complexity index is 3200. The van der Waals surface area contributed by atoms with Crippen molar-refractivity contribution in [3.8, 4) is 11.3 Å². The lowest BCUT2D eigenvalue weighted by Crippen LogP contribution is -2.33. The van der Waals surface area contributed by atoms with Crippen molar-refractivity contribution in [3.05, 3.63) is 173 Å². The Kier molecular flexibility index (Phi) is 6.25. The number of nitrogens with zero attached hydrogens (tertiary/aromatic N) is 3. The van der Waals surface area contributed by atoms with Crippen LogP contribution >= 0.6 is 11.3 Å². The van der Waals surface area contributed by atoms with E-state index in [4.69, 9.17) is 15.0 Å². The summed E-state index contributed by atoms with van der Waals surface area (Å²) >= 11 is 1.89. The second kappa shape index (κ2) is 11.1. The van der Waals surface area contributed by atoms with E-state index in [1.54, 1.807) is 0 Å². The predicted octanol–water partition coefficient (Wildman–Crippen LogP) is 10.7. The van der Waals surface area contributed by atoms with Crippen LogP contribution in [0.15, 0.2) is 152 Å². The van der Waals surface area contributed by atoms with Crippen LogP contribution in [0.1, 0.15) is 24.2 Å². The fourth-order valence-electron chi connectivity index (χ4n) is 8.19. The summed E-state index contributed by atoms with van der Waals surface area (Å²) in [5.41, 5.74) is 9.64. The number of fused-ring (bicyclic) bond motifs is 11. The number of rotatable bonds is 3. The van der Waals surface area contributed by atoms with Crippen molar-refractivity contribution < 1.29 is 0 Å². The normalized spacial score (nSPS) is 13.3. The highest BCUT2D eigenvalue weighted by Gasteiger charge is 2.21. The van der Waals surface area contributed by atoms with Gasteiger partial charge in [-0.2, -0.15) is 0 Å². The standard InChI is InChI=1S/C47H29N3S/c1-2-10-28(11-3-1)39-26-20-29-18-19-30-21-27-41(49-45(30)44(29)48-39)33-22-23-35(32-13-5-4-12-31(32)33)46-38-25-24-36-34-14-7-9-17-42(34)51-47(36)43(38)37-15-6-8-16-40(37)50-46/h1-21,24-27H,22-23H2. The predicted molar refractivity (Wildman–Crippen MR) is 215 cm³/mol. The number of hydrogen-bond donors (Lipinski definition) is 0. The van der Waals surface area contributed by atoms with Crippen molar-refractivity contribution in [1.29, 1.82) is 0 Å². The largest absolute Gasteiger partial charge is 0.247 e. The third-order valence-corrected chi connectivity index (χ3v) is 11.8. The number of benzene rings is 6. The molecule has 0 unspecified atom stereocenters. The molecule has 0 saturated carbocycles. The molecule has 1 aliphatic carbocycles. The van der Waals surface area contributed by atoms with Gasteiger partial charge in [0.05, 0.1) is 33.6 Å². The summed E-state index contributed by atoms with van der Waals surface area (Å²) in [4.78, 5) is 16.0. The Labute approximate surface area is 297 Å². The summed E-state index contributed by atoms with van der Waals surface area (Å²) < 4.78 is 2.65. The Morgan fingerprint density at radius 2 is 1.04 bits per heavy atom. The lowest BCUT2D eigenvalue weighted by molar-refractivity contribution is 1.02. The van der Waals surface area contributed by atoms with Gasteiger partial charge >= 0.3 is 0 Å². The van der Waals surface area contributed by atoms with Gasteiger partial charge in [0.1, 0.15) is 0 Å². The Morgan fingerprint density at radius 1 is 0.431 bits per heavy atom. The molecular weight excluding hydrogens is 639 g/mol. The van der Waals surface area contributed by atoms with Gasteiger partial charge in [-0.05, 0) is 58.7 Å². The van der Waals surface area contributed by atoms with Crippen LogP contribution in [0.5, 0.6) is 0 Å². The maximum Gasteiger partial charge on any atom is 0.0972 e. The lowest BCUT2D eigenvalue weighted by Gasteiger charge is -2.19. The summed E-state index contributed by atoms with van der Waals surface area (Å²) in [6, 6.07) is 54.2. The Morgan fingerprint density at radius 3 is 1.86 bits per heavy atom. The molecular formula is C47H29N3S. The fraction of sp³-hybridized carbons (Fsp3) is 0.0426. The van der Waals surface area contributed by atoms with Gasteiger partial charge in [-0.15, -0.1) is 11.3 Å². The maximum atomic E-state index is 5.43. The highest BCUT2D eigenvalue weighted by atomic mass is 32.1. The monoisotopic (exact) mass is 667 g/mol. The van der Waals surface area contributed by atoms with Crippen LogP contribution in [0.4, 0.5) is 0 Å². The number of para-hydroxylation sites is 1. The lowest BCUT2D eigenvalue weighted by atomic mass is 9.87. The molecule has 0 bridgehead atoms. The van der Waals surface area contributed by atoms with Crippen LogP contribution in [0, 0.1) is 0 Å². The minimum Gasteiger partial charge on any atom is -0.247 e. The maximum absolute atomic E-state index is 5.43. The van der Waals surface area contributed by atoms with E-state index in [9.17, 15) is 0 Å². The van der Waals surface area contributed by atoms with E-state index in [0.717, 1.165) is 62.8 Å². The summed E-state index contributed by atoms with van der Waals surface area (Å²) in [5.74, 6) is 0. The zero-order chi connectivity index (χ0) is 33.5. The van der Waals surface area contributed by atoms with Crippen molar-refractivity contribution in [2.45, 2.75) is 12.8 Å². The van der Waals surface area contributed by atoms with Gasteiger partial charge < -0.3 is 0 Å². The zero-order valence-corrected chi connectivity index (χ0v) is 28.4. The molecule has 4 heteroatoms. The molecule has 1 aliphatic rings. The minimum atomic E-state index is 0.874. The first-order chi connectivity index (χ1) is 25.3. The molecule has 0 N–H and O–H groups in total. The van der Waals surface area contributed by atoms with Gasteiger partial charge in [-0.25, -0.2) is 15.0 Å². The number of pyridine rings is 3. The van der Waals surface area contributed by atoms with Crippen molar-refractivity contribution >= 4 is 86.1 Å². The molecule has 0 radical (unpaired) electrons. The van der Waals surface area contributed by atoms with Gasteiger partial charge in [0, 0.05) is 52.7 Å². The summed E-state index contributed by atoms with van der Waals surface area (Å²) in [6.45, 7) is 0. The molecule has 0 amide bonds. The molecule has 11 rings (SSSR count). The highest BCUT2D eigenvalue weighted by Crippen LogP contribution is 2.43. The van der Waals surface area contributed by atoms with Gasteiger partial charge in [0.15, 0.2) is 0 Å². The molecule has 4 heterocycles. The van der Waals surface area contributed by atoms with Gasteiger partial charge in [0.25, 0.3) is 0 Å². The molecule has 6 aromatic carbocycles. The first-order valence-corrected chi connectivity index (χ1v) is 18.3. The highest BCUT2D eigenvalue weighted by molar-refractivity contribution is 7.26. The van der Waals surface area contributed by atoms with Crippen molar-refractivity contribution in [1.82, 2.24) is 15.0 Å². The van der Waals surface area contributed by atoms with Gasteiger partial charge in [-0.3, -0.25) is 0 Å². The topological polar surface area (TPSA) is 38.7 Å². The summed E-state index contributed by atoms with van der Waals surface area (Å²) in [6.07, 6.45) is 1.75. The first kappa shape index (κ1) is 28.6. The van der Waals surface area contributed by atoms with E-state index in [0.29, 0.717) is 0 Å². The number of hydrogen-bond acceptors (Lipinski definition) is 4. The minimum absolute atomic E-state index is 0.874. The Hall–Kier alpha value is -6.23. The quantitative estimate of drug-likeness (QED) is 0.176. The van der Waals surface area contributed by atoms with Crippen molar-refractivity contribution in [2.24, 2.45) is 0 Å². The zero-order valence-electron chi connectivity index (χ0n) is 27.6. The fourth-order valence-corrected chi connectivity index (χ4v) is 9.46. The number of thiophene rings is 1. The van der Waals surface area contributed by atoms with E-state index < -0.39 is 0 Å². The SMILES string of the molecule is c1ccc(-c2ccc3ccc4ccc(C5=c6ccccc6=C(c6nc7ccccc7c7c6ccc6c8ccccc8sc67)CC5)nc4c3n2)cc1. The van der Waals surface area contributed by atoms with Crippen molar-refractivity contribution in [3.63, 3.8) is 0 Å². The molecule has 51 heavy (non-hydrogen) atoms. The average Bonchev–Trinajstić information content (AvgIpc) is 3.59. The van der Waals surface area contributed by atoms with Crippen LogP contribution in [-0.2, 0) is 0 Å². The van der Waals surface area contributed by atoms with E-state index in [2.05, 4.69) is 146 Å². The average molecular weight is 668 g/mol. The molecule has 10 aromatic rings. The second-order valence-electron chi connectivity index (χ2n) is 13.4. The third kappa shape index (κ3) is 4.40. The smallest absolute Gasteiger partial charge is 0.0972 e. The van der Waals surface area contributed by atoms with Crippen LogP contribution in [0.2, 0.25) is 0 Å². The van der Waals surface area contributed by atoms with Crippen LogP contribution < -0.4 is 10.4 Å². The molecule has 0 saturated heterocycles. The van der Waals surface area contributed by atoms with E-state index in [1.165, 1.54) is 57.9 Å². The van der Waals surface area contributed by atoms with E-state index in [1.807, 2.05) is 17.4 Å². The van der Waals surface area contributed by atoms with Crippen LogP contribution in [0.3, 0.4) is 0 Å². The molecule has 238 valence electrons. The molecule has 4 aromatic heterocycles. The molecule has 0 spiro atoms. The molecule has 0 atom stereocenters.